The number of esters is 2. The molecule has 1 aliphatic heterocycles. The summed E-state index contributed by atoms with van der Waals surface area (Å²) in [6.07, 6.45) is -2.00. The summed E-state index contributed by atoms with van der Waals surface area (Å²) >= 11 is 0. The molecule has 1 saturated heterocycles. The number of hydrogen-bond acceptors (Lipinski definition) is 9. The number of benzene rings is 1. The summed E-state index contributed by atoms with van der Waals surface area (Å²) in [5, 5.41) is 4.66. The molecule has 33 heavy (non-hydrogen) atoms. The van der Waals surface area contributed by atoms with Gasteiger partial charge in [-0.1, -0.05) is 24.2 Å². The van der Waals surface area contributed by atoms with Crippen molar-refractivity contribution in [2.45, 2.75) is 58.3 Å². The van der Waals surface area contributed by atoms with E-state index in [9.17, 15) is 19.2 Å². The molecule has 3 heterocycles. The Morgan fingerprint density at radius 2 is 1.76 bits per heavy atom. The van der Waals surface area contributed by atoms with Gasteiger partial charge < -0.3 is 18.7 Å². The van der Waals surface area contributed by atoms with Crippen molar-refractivity contribution < 1.29 is 28.3 Å². The second-order valence-corrected chi connectivity index (χ2v) is 7.68. The minimum absolute atomic E-state index is 0.134. The predicted molar refractivity (Wildman–Crippen MR) is 113 cm³/mol. The van der Waals surface area contributed by atoms with Crippen LogP contribution in [0.25, 0.3) is 11.0 Å². The van der Waals surface area contributed by atoms with Crippen LogP contribution in [0.15, 0.2) is 50.6 Å². The average Bonchev–Trinajstić information content (AvgIpc) is 3.32. The fourth-order valence-corrected chi connectivity index (χ4v) is 3.98. The Bertz CT molecular complexity index is 1310. The lowest BCUT2D eigenvalue weighted by Crippen LogP contribution is -2.45. The molecule has 0 saturated carbocycles. The SMILES string of the molecule is CCC1OC(n2ccc(=O)n(Cc3noc4ccccc34)c2=O)C(OC(C)=O)[C@H]1OC(C)=O. The van der Waals surface area contributed by atoms with E-state index in [4.69, 9.17) is 18.7 Å². The molecule has 0 amide bonds. The average molecular weight is 457 g/mol. The van der Waals surface area contributed by atoms with Gasteiger partial charge in [-0.05, 0) is 18.6 Å². The summed E-state index contributed by atoms with van der Waals surface area (Å²) in [6.45, 7) is 4.12. The van der Waals surface area contributed by atoms with E-state index >= 15 is 0 Å². The topological polar surface area (TPSA) is 132 Å². The number of rotatable bonds is 6. The van der Waals surface area contributed by atoms with Crippen LogP contribution in [0.1, 0.15) is 39.1 Å². The van der Waals surface area contributed by atoms with E-state index < -0.39 is 47.7 Å². The van der Waals surface area contributed by atoms with Crippen molar-refractivity contribution in [3.63, 3.8) is 0 Å². The largest absolute Gasteiger partial charge is 0.456 e. The summed E-state index contributed by atoms with van der Waals surface area (Å²) in [4.78, 5) is 49.3. The molecule has 1 aliphatic rings. The minimum Gasteiger partial charge on any atom is -0.456 e. The van der Waals surface area contributed by atoms with E-state index in [1.54, 1.807) is 24.3 Å². The third-order valence-corrected chi connectivity index (χ3v) is 5.42. The van der Waals surface area contributed by atoms with Gasteiger partial charge in [-0.15, -0.1) is 0 Å². The zero-order valence-corrected chi connectivity index (χ0v) is 18.3. The van der Waals surface area contributed by atoms with E-state index in [-0.39, 0.29) is 6.54 Å². The molecule has 11 nitrogen and oxygen atoms in total. The van der Waals surface area contributed by atoms with Gasteiger partial charge >= 0.3 is 17.6 Å². The van der Waals surface area contributed by atoms with Crippen molar-refractivity contribution in [2.24, 2.45) is 0 Å². The van der Waals surface area contributed by atoms with Gasteiger partial charge in [-0.25, -0.2) is 4.79 Å². The Balaban J connectivity index is 1.75. The Morgan fingerprint density at radius 1 is 1.06 bits per heavy atom. The van der Waals surface area contributed by atoms with E-state index in [1.807, 2.05) is 6.92 Å². The van der Waals surface area contributed by atoms with Crippen LogP contribution in [-0.2, 0) is 30.3 Å². The van der Waals surface area contributed by atoms with Gasteiger partial charge in [0, 0.05) is 31.5 Å². The molecular weight excluding hydrogens is 434 g/mol. The Hall–Kier alpha value is -3.73. The van der Waals surface area contributed by atoms with E-state index in [0.717, 1.165) is 9.13 Å². The quantitative estimate of drug-likeness (QED) is 0.503. The molecule has 0 radical (unpaired) electrons. The van der Waals surface area contributed by atoms with Gasteiger partial charge in [0.25, 0.3) is 5.56 Å². The smallest absolute Gasteiger partial charge is 0.333 e. The summed E-state index contributed by atoms with van der Waals surface area (Å²) in [6, 6.07) is 8.30. The monoisotopic (exact) mass is 457 g/mol. The first-order chi connectivity index (χ1) is 15.8. The van der Waals surface area contributed by atoms with Gasteiger partial charge in [-0.3, -0.25) is 23.5 Å². The van der Waals surface area contributed by atoms with Crippen LogP contribution in [0.2, 0.25) is 0 Å². The molecule has 4 rings (SSSR count). The van der Waals surface area contributed by atoms with E-state index in [2.05, 4.69) is 5.16 Å². The lowest BCUT2D eigenvalue weighted by Gasteiger charge is -2.24. The zero-order chi connectivity index (χ0) is 23.7. The van der Waals surface area contributed by atoms with Crippen LogP contribution < -0.4 is 11.2 Å². The van der Waals surface area contributed by atoms with Crippen molar-refractivity contribution in [3.8, 4) is 0 Å². The first-order valence-corrected chi connectivity index (χ1v) is 10.4. The Labute approximate surface area is 187 Å². The van der Waals surface area contributed by atoms with E-state index in [1.165, 1.54) is 26.1 Å². The molecule has 11 heteroatoms. The van der Waals surface area contributed by atoms with Gasteiger partial charge in [0.2, 0.25) is 0 Å². The van der Waals surface area contributed by atoms with Crippen molar-refractivity contribution in [1.82, 2.24) is 14.3 Å². The third-order valence-electron chi connectivity index (χ3n) is 5.42. The minimum atomic E-state index is -1.10. The third kappa shape index (κ3) is 4.31. The number of aromatic nitrogens is 3. The number of ether oxygens (including phenoxy) is 3. The molecule has 0 bridgehead atoms. The normalized spacial score (nSPS) is 22.4. The molecule has 3 aromatic rings. The zero-order valence-electron chi connectivity index (χ0n) is 18.3. The summed E-state index contributed by atoms with van der Waals surface area (Å²) < 4.78 is 24.1. The van der Waals surface area contributed by atoms with Crippen LogP contribution in [0, 0.1) is 0 Å². The van der Waals surface area contributed by atoms with Crippen LogP contribution in [0.4, 0.5) is 0 Å². The summed E-state index contributed by atoms with van der Waals surface area (Å²) in [7, 11) is 0. The van der Waals surface area contributed by atoms with Crippen molar-refractivity contribution >= 4 is 22.9 Å². The lowest BCUT2D eigenvalue weighted by molar-refractivity contribution is -0.165. The number of carbonyl (C=O) groups is 2. The maximum absolute atomic E-state index is 13.3. The first kappa shape index (κ1) is 22.5. The van der Waals surface area contributed by atoms with Crippen molar-refractivity contribution in [1.29, 1.82) is 0 Å². The number of nitrogens with zero attached hydrogens (tertiary/aromatic N) is 3. The molecule has 4 atom stereocenters. The predicted octanol–water partition coefficient (Wildman–Crippen LogP) is 1.37. The first-order valence-electron chi connectivity index (χ1n) is 10.4. The highest BCUT2D eigenvalue weighted by molar-refractivity contribution is 5.79. The molecule has 1 fully saturated rings. The molecule has 0 aliphatic carbocycles. The molecular formula is C22H23N3O8. The van der Waals surface area contributed by atoms with E-state index in [0.29, 0.717) is 23.1 Å². The number of carbonyl (C=O) groups excluding carboxylic acids is 2. The molecule has 0 spiro atoms. The molecule has 3 unspecified atom stereocenters. The summed E-state index contributed by atoms with van der Waals surface area (Å²) in [5.41, 5.74) is -0.305. The van der Waals surface area contributed by atoms with Crippen LogP contribution >= 0.6 is 0 Å². The fourth-order valence-electron chi connectivity index (χ4n) is 3.98. The highest BCUT2D eigenvalue weighted by Gasteiger charge is 2.49. The molecule has 1 aromatic carbocycles. The molecule has 2 aromatic heterocycles. The second kappa shape index (κ2) is 9.02. The van der Waals surface area contributed by atoms with Crippen molar-refractivity contribution in [3.05, 3.63) is 63.1 Å². The number of para-hydroxylation sites is 1. The molecule has 174 valence electrons. The maximum atomic E-state index is 13.3. The highest BCUT2D eigenvalue weighted by Crippen LogP contribution is 2.34. The van der Waals surface area contributed by atoms with Gasteiger partial charge in [0.1, 0.15) is 11.8 Å². The number of hydrogen-bond donors (Lipinski definition) is 0. The molecule has 0 N–H and O–H groups in total. The Morgan fingerprint density at radius 3 is 2.45 bits per heavy atom. The Kier molecular flexibility index (Phi) is 6.14. The standard InChI is InChI=1S/C22H23N3O8/c1-4-16-19(30-12(2)26)20(31-13(3)27)21(32-16)24-10-9-18(28)25(22(24)29)11-15-14-7-5-6-8-17(14)33-23-15/h5-10,16,19-21H,4,11H2,1-3H3/t16?,19-,20?,21?/m0/s1. The highest BCUT2D eigenvalue weighted by atomic mass is 16.6. The van der Waals surface area contributed by atoms with Crippen LogP contribution in [0.5, 0.6) is 0 Å². The van der Waals surface area contributed by atoms with Gasteiger partial charge in [0.05, 0.1) is 6.54 Å². The maximum Gasteiger partial charge on any atom is 0.333 e. The van der Waals surface area contributed by atoms with Crippen LogP contribution in [-0.4, -0.2) is 44.5 Å². The summed E-state index contributed by atoms with van der Waals surface area (Å²) in [5.74, 6) is -1.20. The number of fused-ring (bicyclic) bond motifs is 1. The van der Waals surface area contributed by atoms with Gasteiger partial charge in [-0.2, -0.15) is 0 Å². The fraction of sp³-hybridized carbons (Fsp3) is 0.409. The van der Waals surface area contributed by atoms with Crippen molar-refractivity contribution in [2.75, 3.05) is 0 Å². The van der Waals surface area contributed by atoms with Gasteiger partial charge in [0.15, 0.2) is 24.0 Å². The van der Waals surface area contributed by atoms with Crippen LogP contribution in [0.3, 0.4) is 0 Å². The second-order valence-electron chi connectivity index (χ2n) is 7.68. The lowest BCUT2D eigenvalue weighted by atomic mass is 10.1.